The predicted octanol–water partition coefficient (Wildman–Crippen LogP) is 2.49. The summed E-state index contributed by atoms with van der Waals surface area (Å²) in [7, 11) is 0. The zero-order valence-electron chi connectivity index (χ0n) is 10.6. The Labute approximate surface area is 122 Å². The van der Waals surface area contributed by atoms with Gasteiger partial charge in [-0.05, 0) is 35.6 Å². The summed E-state index contributed by atoms with van der Waals surface area (Å²) in [6.45, 7) is 0. The van der Waals surface area contributed by atoms with E-state index in [9.17, 15) is 4.79 Å². The predicted molar refractivity (Wildman–Crippen MR) is 79.0 cm³/mol. The molecular weight excluding hydrogens is 288 g/mol. The quantitative estimate of drug-likeness (QED) is 0.568. The number of pyridine rings is 1. The van der Waals surface area contributed by atoms with Gasteiger partial charge in [-0.3, -0.25) is 9.78 Å². The largest absolute Gasteiger partial charge is 0.430 e. The highest BCUT2D eigenvalue weighted by Crippen LogP contribution is 2.27. The Kier molecular flexibility index (Phi) is 2.65. The number of benzene rings is 1. The van der Waals surface area contributed by atoms with Gasteiger partial charge in [0.25, 0.3) is 10.8 Å². The van der Waals surface area contributed by atoms with Gasteiger partial charge in [-0.15, -0.1) is 5.10 Å². The zero-order chi connectivity index (χ0) is 14.2. The molecule has 0 saturated carbocycles. The minimum Gasteiger partial charge on any atom is -0.430 e. The van der Waals surface area contributed by atoms with E-state index < -0.39 is 0 Å². The van der Waals surface area contributed by atoms with E-state index in [1.165, 1.54) is 28.1 Å². The lowest BCUT2D eigenvalue weighted by Crippen LogP contribution is -2.12. The summed E-state index contributed by atoms with van der Waals surface area (Å²) < 4.78 is 6.93. The third-order valence-corrected chi connectivity index (χ3v) is 3.73. The fraction of sp³-hybridized carbons (Fsp3) is 0. The van der Waals surface area contributed by atoms with E-state index in [2.05, 4.69) is 15.1 Å². The second-order valence-corrected chi connectivity index (χ2v) is 5.22. The fourth-order valence-electron chi connectivity index (χ4n) is 1.99. The lowest BCUT2D eigenvalue weighted by Gasteiger charge is -2.02. The minimum absolute atomic E-state index is 0.228. The van der Waals surface area contributed by atoms with Crippen molar-refractivity contribution in [1.82, 2.24) is 19.6 Å². The maximum atomic E-state index is 11.6. The average molecular weight is 296 g/mol. The Bertz CT molecular complexity index is 1010. The number of hydrogen-bond donors (Lipinski definition) is 0. The topological polar surface area (TPSA) is 69.4 Å². The summed E-state index contributed by atoms with van der Waals surface area (Å²) in [5.74, 6) is 0.641. The molecule has 0 bridgehead atoms. The van der Waals surface area contributed by atoms with Gasteiger partial charge >= 0.3 is 0 Å². The van der Waals surface area contributed by atoms with Crippen molar-refractivity contribution in [3.63, 3.8) is 0 Å². The van der Waals surface area contributed by atoms with Crippen LogP contribution in [0.25, 0.3) is 15.9 Å². The zero-order valence-corrected chi connectivity index (χ0v) is 11.4. The Morgan fingerprint density at radius 3 is 2.95 bits per heavy atom. The van der Waals surface area contributed by atoms with Gasteiger partial charge < -0.3 is 4.74 Å². The number of fused-ring (bicyclic) bond motifs is 2. The van der Waals surface area contributed by atoms with Gasteiger partial charge in [0, 0.05) is 23.8 Å². The third-order valence-electron chi connectivity index (χ3n) is 2.93. The van der Waals surface area contributed by atoms with Gasteiger partial charge in [-0.2, -0.15) is 4.52 Å². The normalized spacial score (nSPS) is 11.0. The van der Waals surface area contributed by atoms with Crippen molar-refractivity contribution in [2.24, 2.45) is 0 Å². The molecule has 4 aromatic rings. The molecule has 0 unspecified atom stereocenters. The van der Waals surface area contributed by atoms with Gasteiger partial charge in [-0.25, -0.2) is 4.98 Å². The molecule has 0 saturated heterocycles. The van der Waals surface area contributed by atoms with Crippen LogP contribution in [0.15, 0.2) is 53.6 Å². The van der Waals surface area contributed by atoms with Crippen LogP contribution in [0.5, 0.6) is 10.9 Å². The lowest BCUT2D eigenvalue weighted by atomic mass is 10.2. The lowest BCUT2D eigenvalue weighted by molar-refractivity contribution is 0.470. The smallest absolute Gasteiger partial charge is 0.299 e. The van der Waals surface area contributed by atoms with E-state index in [0.717, 1.165) is 10.9 Å². The third kappa shape index (κ3) is 2.13. The van der Waals surface area contributed by atoms with Gasteiger partial charge in [0.1, 0.15) is 5.75 Å². The van der Waals surface area contributed by atoms with Crippen molar-refractivity contribution in [2.45, 2.75) is 0 Å². The molecule has 0 fully saturated rings. The molecule has 0 aliphatic rings. The van der Waals surface area contributed by atoms with Gasteiger partial charge in [0.15, 0.2) is 0 Å². The molecule has 0 amide bonds. The van der Waals surface area contributed by atoms with Crippen molar-refractivity contribution in [2.75, 3.05) is 0 Å². The summed E-state index contributed by atoms with van der Waals surface area (Å²) in [4.78, 5) is 20.5. The van der Waals surface area contributed by atoms with Crippen LogP contribution in [0, 0.1) is 0 Å². The van der Waals surface area contributed by atoms with Gasteiger partial charge in [-0.1, -0.05) is 6.07 Å². The van der Waals surface area contributed by atoms with Crippen molar-refractivity contribution >= 4 is 27.2 Å². The Morgan fingerprint density at radius 2 is 2.05 bits per heavy atom. The number of hydrogen-bond acceptors (Lipinski definition) is 6. The Hall–Kier alpha value is -2.80. The van der Waals surface area contributed by atoms with E-state index >= 15 is 0 Å². The standard InChI is InChI=1S/C14H8N4O2S/c19-12-5-7-16-13-18(12)17-14(21-13)20-10-3-4-11-9(8-10)2-1-6-15-11/h1-8H. The molecule has 1 aromatic carbocycles. The first-order chi connectivity index (χ1) is 10.3. The second-order valence-electron chi connectivity index (χ2n) is 4.31. The second kappa shape index (κ2) is 4.64. The van der Waals surface area contributed by atoms with E-state index in [-0.39, 0.29) is 5.56 Å². The number of nitrogens with zero attached hydrogens (tertiary/aromatic N) is 4. The fourth-order valence-corrected chi connectivity index (χ4v) is 2.73. The molecule has 0 aliphatic carbocycles. The van der Waals surface area contributed by atoms with Crippen LogP contribution in [-0.4, -0.2) is 19.6 Å². The van der Waals surface area contributed by atoms with E-state index in [4.69, 9.17) is 4.74 Å². The first-order valence-electron chi connectivity index (χ1n) is 6.17. The van der Waals surface area contributed by atoms with Crippen LogP contribution in [0.3, 0.4) is 0 Å². The highest BCUT2D eigenvalue weighted by Gasteiger charge is 2.08. The summed E-state index contributed by atoms with van der Waals surface area (Å²) in [5, 5.41) is 5.46. The molecule has 7 heteroatoms. The molecule has 3 heterocycles. The number of aromatic nitrogens is 4. The summed E-state index contributed by atoms with van der Waals surface area (Å²) in [5.41, 5.74) is 0.667. The average Bonchev–Trinajstić information content (AvgIpc) is 2.91. The molecule has 0 aliphatic heterocycles. The van der Waals surface area contributed by atoms with E-state index in [1.54, 1.807) is 6.20 Å². The van der Waals surface area contributed by atoms with Crippen molar-refractivity contribution < 1.29 is 4.74 Å². The SMILES string of the molecule is O=c1ccnc2sc(Oc3ccc4ncccc4c3)nn12. The summed E-state index contributed by atoms with van der Waals surface area (Å²) in [6.07, 6.45) is 3.20. The maximum absolute atomic E-state index is 11.6. The molecule has 0 radical (unpaired) electrons. The van der Waals surface area contributed by atoms with E-state index in [0.29, 0.717) is 15.9 Å². The summed E-state index contributed by atoms with van der Waals surface area (Å²) >= 11 is 1.21. The van der Waals surface area contributed by atoms with Crippen LogP contribution in [0.4, 0.5) is 0 Å². The van der Waals surface area contributed by atoms with Crippen LogP contribution >= 0.6 is 11.3 Å². The molecule has 21 heavy (non-hydrogen) atoms. The minimum atomic E-state index is -0.228. The van der Waals surface area contributed by atoms with E-state index in [1.807, 2.05) is 30.3 Å². The summed E-state index contributed by atoms with van der Waals surface area (Å²) in [6, 6.07) is 10.8. The molecule has 6 nitrogen and oxygen atoms in total. The van der Waals surface area contributed by atoms with Crippen LogP contribution in [0.2, 0.25) is 0 Å². The molecule has 0 N–H and O–H groups in total. The van der Waals surface area contributed by atoms with Crippen molar-refractivity contribution in [3.05, 3.63) is 59.1 Å². The monoisotopic (exact) mass is 296 g/mol. The molecule has 0 spiro atoms. The van der Waals surface area contributed by atoms with Gasteiger partial charge in [0.05, 0.1) is 5.52 Å². The van der Waals surface area contributed by atoms with Crippen LogP contribution < -0.4 is 10.3 Å². The number of ether oxygens (including phenoxy) is 1. The highest BCUT2D eigenvalue weighted by atomic mass is 32.1. The number of rotatable bonds is 2. The molecule has 4 rings (SSSR count). The van der Waals surface area contributed by atoms with Crippen molar-refractivity contribution in [3.8, 4) is 10.9 Å². The first-order valence-corrected chi connectivity index (χ1v) is 6.99. The van der Waals surface area contributed by atoms with Crippen LogP contribution in [0.1, 0.15) is 0 Å². The molecule has 102 valence electrons. The Morgan fingerprint density at radius 1 is 1.10 bits per heavy atom. The van der Waals surface area contributed by atoms with Gasteiger partial charge in [0.2, 0.25) is 4.96 Å². The molecule has 0 atom stereocenters. The highest BCUT2D eigenvalue weighted by molar-refractivity contribution is 7.18. The maximum Gasteiger partial charge on any atom is 0.299 e. The first kappa shape index (κ1) is 12.0. The Balaban J connectivity index is 1.75. The molecule has 3 aromatic heterocycles. The van der Waals surface area contributed by atoms with Crippen molar-refractivity contribution in [1.29, 1.82) is 0 Å². The van der Waals surface area contributed by atoms with Crippen LogP contribution in [-0.2, 0) is 0 Å². The molecular formula is C14H8N4O2S.